The highest BCUT2D eigenvalue weighted by Gasteiger charge is 2.15. The Labute approximate surface area is 101 Å². The van der Waals surface area contributed by atoms with Crippen LogP contribution in [0, 0.1) is 0 Å². The molecule has 88 valence electrons. The molecule has 0 amide bonds. The molecule has 0 aliphatic heterocycles. The monoisotopic (exact) mass is 239 g/mol. The Bertz CT molecular complexity index is 370. The Balaban J connectivity index is 2.98. The van der Waals surface area contributed by atoms with Gasteiger partial charge in [0.25, 0.3) is 0 Å². The summed E-state index contributed by atoms with van der Waals surface area (Å²) >= 11 is 5.00. The van der Waals surface area contributed by atoms with Crippen molar-refractivity contribution in [2.24, 2.45) is 5.73 Å². The number of nitrogens with two attached hydrogens (primary N) is 1. The molecule has 1 heterocycles. The van der Waals surface area contributed by atoms with Gasteiger partial charge in [0.05, 0.1) is 18.2 Å². The molecule has 1 rings (SSSR count). The van der Waals surface area contributed by atoms with Gasteiger partial charge in [-0.05, 0) is 19.1 Å². The fourth-order valence-electron chi connectivity index (χ4n) is 1.43. The van der Waals surface area contributed by atoms with E-state index in [0.717, 1.165) is 11.4 Å². The number of likely N-dealkylation sites (N-methyl/N-ethyl adjacent to an activating group) is 1. The molecule has 0 radical (unpaired) electrons. The summed E-state index contributed by atoms with van der Waals surface area (Å²) in [6, 6.07) is 3.92. The van der Waals surface area contributed by atoms with E-state index >= 15 is 0 Å². The number of pyridine rings is 1. The van der Waals surface area contributed by atoms with E-state index in [1.165, 1.54) is 0 Å². The highest BCUT2D eigenvalue weighted by Crippen LogP contribution is 2.17. The van der Waals surface area contributed by atoms with Crippen LogP contribution in [0.15, 0.2) is 18.3 Å². The summed E-state index contributed by atoms with van der Waals surface area (Å²) in [6.07, 6.45) is 1.73. The maximum atomic E-state index is 5.66. The van der Waals surface area contributed by atoms with Crippen molar-refractivity contribution < 1.29 is 4.74 Å². The largest absolute Gasteiger partial charge is 0.389 e. The van der Waals surface area contributed by atoms with Gasteiger partial charge in [0, 0.05) is 20.4 Å². The van der Waals surface area contributed by atoms with E-state index in [1.54, 1.807) is 13.3 Å². The number of hydrogen-bond donors (Lipinski definition) is 1. The Morgan fingerprint density at radius 2 is 2.38 bits per heavy atom. The first-order valence-corrected chi connectivity index (χ1v) is 5.45. The number of rotatable bonds is 5. The van der Waals surface area contributed by atoms with Gasteiger partial charge in [-0.25, -0.2) is 4.98 Å². The van der Waals surface area contributed by atoms with Gasteiger partial charge in [-0.2, -0.15) is 0 Å². The van der Waals surface area contributed by atoms with Crippen LogP contribution in [0.2, 0.25) is 0 Å². The molecule has 1 aromatic rings. The first kappa shape index (κ1) is 12.9. The van der Waals surface area contributed by atoms with Crippen molar-refractivity contribution in [3.8, 4) is 0 Å². The minimum absolute atomic E-state index is 0.216. The van der Waals surface area contributed by atoms with Crippen LogP contribution in [0.4, 0.5) is 5.82 Å². The van der Waals surface area contributed by atoms with Crippen molar-refractivity contribution in [1.29, 1.82) is 0 Å². The predicted molar refractivity (Wildman–Crippen MR) is 69.9 cm³/mol. The van der Waals surface area contributed by atoms with Crippen molar-refractivity contribution in [2.75, 3.05) is 25.7 Å². The fourth-order valence-corrected chi connectivity index (χ4v) is 1.59. The number of aromatic nitrogens is 1. The number of hydrogen-bond acceptors (Lipinski definition) is 4. The van der Waals surface area contributed by atoms with Crippen molar-refractivity contribution >= 4 is 23.0 Å². The van der Waals surface area contributed by atoms with Gasteiger partial charge in [0.1, 0.15) is 10.8 Å². The van der Waals surface area contributed by atoms with Gasteiger partial charge in [-0.3, -0.25) is 0 Å². The van der Waals surface area contributed by atoms with Crippen molar-refractivity contribution in [3.05, 3.63) is 23.9 Å². The van der Waals surface area contributed by atoms with Crippen LogP contribution >= 0.6 is 12.2 Å². The average molecular weight is 239 g/mol. The maximum Gasteiger partial charge on any atom is 0.138 e. The quantitative estimate of drug-likeness (QED) is 0.782. The number of thiocarbonyl (C=S) groups is 1. The van der Waals surface area contributed by atoms with E-state index in [-0.39, 0.29) is 6.04 Å². The van der Waals surface area contributed by atoms with Crippen LogP contribution in [0.1, 0.15) is 12.5 Å². The average Bonchev–Trinajstić information content (AvgIpc) is 2.28. The Kier molecular flexibility index (Phi) is 4.64. The third kappa shape index (κ3) is 2.90. The van der Waals surface area contributed by atoms with E-state index in [4.69, 9.17) is 22.7 Å². The lowest BCUT2D eigenvalue weighted by Crippen LogP contribution is -2.34. The number of nitrogens with zero attached hydrogens (tertiary/aromatic N) is 2. The Morgan fingerprint density at radius 3 is 2.94 bits per heavy atom. The minimum Gasteiger partial charge on any atom is -0.389 e. The molecule has 0 aliphatic rings. The van der Waals surface area contributed by atoms with Gasteiger partial charge in [-0.1, -0.05) is 12.2 Å². The van der Waals surface area contributed by atoms with Crippen LogP contribution < -0.4 is 10.6 Å². The van der Waals surface area contributed by atoms with Gasteiger partial charge in [-0.15, -0.1) is 0 Å². The highest BCUT2D eigenvalue weighted by atomic mass is 32.1. The molecule has 4 nitrogen and oxygen atoms in total. The first-order chi connectivity index (χ1) is 7.57. The fraction of sp³-hybridized carbons (Fsp3) is 0.455. The topological polar surface area (TPSA) is 51.4 Å². The van der Waals surface area contributed by atoms with Gasteiger partial charge < -0.3 is 15.4 Å². The smallest absolute Gasteiger partial charge is 0.138 e. The van der Waals surface area contributed by atoms with Crippen LogP contribution in [0.3, 0.4) is 0 Å². The minimum atomic E-state index is 0.216. The van der Waals surface area contributed by atoms with Gasteiger partial charge in [0.2, 0.25) is 0 Å². The summed E-state index contributed by atoms with van der Waals surface area (Å²) in [5.41, 5.74) is 6.45. The van der Waals surface area contributed by atoms with E-state index in [2.05, 4.69) is 11.9 Å². The van der Waals surface area contributed by atoms with E-state index in [1.807, 2.05) is 24.1 Å². The molecule has 0 bridgehead atoms. The second kappa shape index (κ2) is 5.77. The molecule has 0 fully saturated rings. The maximum absolute atomic E-state index is 5.66. The Morgan fingerprint density at radius 1 is 1.69 bits per heavy atom. The van der Waals surface area contributed by atoms with E-state index in [0.29, 0.717) is 11.6 Å². The van der Waals surface area contributed by atoms with Crippen molar-refractivity contribution in [3.63, 3.8) is 0 Å². The van der Waals surface area contributed by atoms with E-state index < -0.39 is 0 Å². The Hall–Kier alpha value is -1.20. The second-order valence-corrected chi connectivity index (χ2v) is 4.09. The second-order valence-electron chi connectivity index (χ2n) is 3.65. The van der Waals surface area contributed by atoms with Gasteiger partial charge in [0.15, 0.2) is 0 Å². The van der Waals surface area contributed by atoms with Crippen molar-refractivity contribution in [2.45, 2.75) is 13.0 Å². The molecule has 0 saturated heterocycles. The molecule has 0 spiro atoms. The SMILES string of the molecule is COCC(C)N(C)c1ncccc1C(N)=S. The van der Waals surface area contributed by atoms with Gasteiger partial charge >= 0.3 is 0 Å². The highest BCUT2D eigenvalue weighted by molar-refractivity contribution is 7.80. The molecular weight excluding hydrogens is 222 g/mol. The molecule has 1 atom stereocenters. The standard InChI is InChI=1S/C11H17N3OS/c1-8(7-15-3)14(2)11-9(10(12)16)5-4-6-13-11/h4-6,8H,7H2,1-3H3,(H2,12,16). The van der Waals surface area contributed by atoms with Crippen LogP contribution in [0.5, 0.6) is 0 Å². The molecule has 0 saturated carbocycles. The number of ether oxygens (including phenoxy) is 1. The third-order valence-electron chi connectivity index (χ3n) is 2.46. The van der Waals surface area contributed by atoms with Crippen molar-refractivity contribution in [1.82, 2.24) is 4.98 Å². The molecule has 5 heteroatoms. The summed E-state index contributed by atoms with van der Waals surface area (Å²) < 4.78 is 5.11. The molecule has 1 unspecified atom stereocenters. The summed E-state index contributed by atoms with van der Waals surface area (Å²) in [5, 5.41) is 0. The summed E-state index contributed by atoms with van der Waals surface area (Å²) in [4.78, 5) is 6.68. The third-order valence-corrected chi connectivity index (χ3v) is 2.68. The number of methoxy groups -OCH3 is 1. The van der Waals surface area contributed by atoms with Crippen LogP contribution in [-0.4, -0.2) is 36.8 Å². The van der Waals surface area contributed by atoms with Crippen LogP contribution in [0.25, 0.3) is 0 Å². The molecule has 0 aromatic carbocycles. The number of anilines is 1. The zero-order chi connectivity index (χ0) is 12.1. The molecule has 0 aliphatic carbocycles. The zero-order valence-corrected chi connectivity index (χ0v) is 10.6. The molecule has 16 heavy (non-hydrogen) atoms. The summed E-state index contributed by atoms with van der Waals surface area (Å²) in [7, 11) is 3.63. The lowest BCUT2D eigenvalue weighted by atomic mass is 10.2. The predicted octanol–water partition coefficient (Wildman–Crippen LogP) is 1.19. The lowest BCUT2D eigenvalue weighted by Gasteiger charge is -2.26. The normalized spacial score (nSPS) is 12.2. The molecular formula is C11H17N3OS. The molecule has 1 aromatic heterocycles. The van der Waals surface area contributed by atoms with Crippen LogP contribution in [-0.2, 0) is 4.74 Å². The molecule has 2 N–H and O–H groups in total. The first-order valence-electron chi connectivity index (χ1n) is 5.04. The van der Waals surface area contributed by atoms with E-state index in [9.17, 15) is 0 Å². The zero-order valence-electron chi connectivity index (χ0n) is 9.80. The summed E-state index contributed by atoms with van der Waals surface area (Å²) in [6.45, 7) is 2.69. The lowest BCUT2D eigenvalue weighted by molar-refractivity contribution is 0.183. The summed E-state index contributed by atoms with van der Waals surface area (Å²) in [5.74, 6) is 0.791.